The standard InChI is InChI=1S/C24H29N3O2/c28-24(29)16-19-12-14-27(13-6-9-18-7-2-1-3-8-18)17-20(19)15-23-25-21-10-4-5-11-22(21)26-23/h1-5,7-8,10-11,19-20H,6,9,12-17H2,(H,25,26)(H,28,29). The molecule has 1 aliphatic heterocycles. The highest BCUT2D eigenvalue weighted by molar-refractivity contribution is 5.74. The number of imidazole rings is 1. The van der Waals surface area contributed by atoms with Gasteiger partial charge in [-0.3, -0.25) is 4.79 Å². The van der Waals surface area contributed by atoms with Crippen molar-refractivity contribution in [1.82, 2.24) is 14.9 Å². The van der Waals surface area contributed by atoms with Crippen LogP contribution in [0.25, 0.3) is 11.0 Å². The van der Waals surface area contributed by atoms with Crippen LogP contribution in [-0.4, -0.2) is 45.6 Å². The van der Waals surface area contributed by atoms with Crippen LogP contribution in [0.4, 0.5) is 0 Å². The van der Waals surface area contributed by atoms with Crippen LogP contribution < -0.4 is 0 Å². The second-order valence-electron chi connectivity index (χ2n) is 8.20. The Morgan fingerprint density at radius 1 is 1.10 bits per heavy atom. The summed E-state index contributed by atoms with van der Waals surface area (Å²) in [5.74, 6) is 0.808. The lowest BCUT2D eigenvalue weighted by atomic mass is 9.81. The van der Waals surface area contributed by atoms with Crippen LogP contribution in [0, 0.1) is 11.8 Å². The van der Waals surface area contributed by atoms with Gasteiger partial charge in [0, 0.05) is 19.4 Å². The lowest BCUT2D eigenvalue weighted by Crippen LogP contribution is -2.42. The van der Waals surface area contributed by atoms with Crippen molar-refractivity contribution >= 4 is 17.0 Å². The molecule has 2 heterocycles. The Morgan fingerprint density at radius 2 is 1.90 bits per heavy atom. The number of rotatable bonds is 8. The lowest BCUT2D eigenvalue weighted by Gasteiger charge is -2.38. The molecule has 1 aliphatic rings. The number of carbonyl (C=O) groups is 1. The molecule has 2 aromatic carbocycles. The summed E-state index contributed by atoms with van der Waals surface area (Å²) in [6.07, 6.45) is 4.22. The zero-order valence-corrected chi connectivity index (χ0v) is 16.8. The quantitative estimate of drug-likeness (QED) is 0.605. The van der Waals surface area contributed by atoms with Gasteiger partial charge < -0.3 is 15.0 Å². The minimum atomic E-state index is -0.692. The molecule has 1 saturated heterocycles. The van der Waals surface area contributed by atoms with E-state index in [0.29, 0.717) is 5.92 Å². The number of hydrogen-bond acceptors (Lipinski definition) is 3. The van der Waals surface area contributed by atoms with E-state index >= 15 is 0 Å². The third-order valence-electron chi connectivity index (χ3n) is 6.09. The van der Waals surface area contributed by atoms with E-state index in [0.717, 1.165) is 62.2 Å². The molecule has 2 unspecified atom stereocenters. The van der Waals surface area contributed by atoms with E-state index in [1.807, 2.05) is 24.3 Å². The first kappa shape index (κ1) is 19.6. The summed E-state index contributed by atoms with van der Waals surface area (Å²) < 4.78 is 0. The number of aromatic nitrogens is 2. The first-order valence-electron chi connectivity index (χ1n) is 10.6. The molecule has 0 amide bonds. The molecule has 152 valence electrons. The fourth-order valence-electron chi connectivity index (χ4n) is 4.59. The maximum absolute atomic E-state index is 11.4. The highest BCUT2D eigenvalue weighted by atomic mass is 16.4. The second-order valence-corrected chi connectivity index (χ2v) is 8.20. The normalized spacial score (nSPS) is 20.1. The monoisotopic (exact) mass is 391 g/mol. The van der Waals surface area contributed by atoms with Crippen molar-refractivity contribution in [3.63, 3.8) is 0 Å². The molecule has 29 heavy (non-hydrogen) atoms. The Kier molecular flexibility index (Phi) is 6.25. The second kappa shape index (κ2) is 9.23. The molecule has 3 aromatic rings. The molecule has 2 atom stereocenters. The largest absolute Gasteiger partial charge is 0.481 e. The number of carboxylic acids is 1. The Hall–Kier alpha value is -2.66. The van der Waals surface area contributed by atoms with Gasteiger partial charge in [0.2, 0.25) is 0 Å². The summed E-state index contributed by atoms with van der Waals surface area (Å²) >= 11 is 0. The fraction of sp³-hybridized carbons (Fsp3) is 0.417. The summed E-state index contributed by atoms with van der Waals surface area (Å²) in [5.41, 5.74) is 3.41. The number of hydrogen-bond donors (Lipinski definition) is 2. The molecule has 1 fully saturated rings. The highest BCUT2D eigenvalue weighted by Gasteiger charge is 2.31. The van der Waals surface area contributed by atoms with Crippen molar-refractivity contribution in [3.8, 4) is 0 Å². The molecule has 1 aromatic heterocycles. The Bertz CT molecular complexity index is 904. The topological polar surface area (TPSA) is 69.2 Å². The van der Waals surface area contributed by atoms with Crippen molar-refractivity contribution in [3.05, 3.63) is 66.0 Å². The van der Waals surface area contributed by atoms with Crippen LogP contribution in [0.5, 0.6) is 0 Å². The minimum Gasteiger partial charge on any atom is -0.481 e. The number of nitrogens with zero attached hydrogens (tertiary/aromatic N) is 2. The van der Waals surface area contributed by atoms with Crippen molar-refractivity contribution in [2.24, 2.45) is 11.8 Å². The van der Waals surface area contributed by atoms with Gasteiger partial charge >= 0.3 is 5.97 Å². The molecule has 0 aliphatic carbocycles. The number of carboxylic acid groups (broad SMARTS) is 1. The zero-order valence-electron chi connectivity index (χ0n) is 16.8. The third-order valence-corrected chi connectivity index (χ3v) is 6.09. The van der Waals surface area contributed by atoms with E-state index in [4.69, 9.17) is 4.98 Å². The Morgan fingerprint density at radius 3 is 2.69 bits per heavy atom. The average molecular weight is 392 g/mol. The molecule has 0 bridgehead atoms. The van der Waals surface area contributed by atoms with Gasteiger partial charge in [-0.05, 0) is 61.9 Å². The van der Waals surface area contributed by atoms with Crippen molar-refractivity contribution in [2.45, 2.75) is 32.1 Å². The first-order chi connectivity index (χ1) is 14.2. The van der Waals surface area contributed by atoms with Crippen LogP contribution >= 0.6 is 0 Å². The van der Waals surface area contributed by atoms with E-state index in [1.165, 1.54) is 5.56 Å². The molecular formula is C24H29N3O2. The van der Waals surface area contributed by atoms with E-state index in [1.54, 1.807) is 0 Å². The van der Waals surface area contributed by atoms with Gasteiger partial charge in [-0.15, -0.1) is 0 Å². The number of para-hydroxylation sites is 2. The number of aromatic amines is 1. The summed E-state index contributed by atoms with van der Waals surface area (Å²) in [6, 6.07) is 18.7. The van der Waals surface area contributed by atoms with E-state index < -0.39 is 5.97 Å². The maximum Gasteiger partial charge on any atom is 0.303 e. The van der Waals surface area contributed by atoms with Crippen LogP contribution in [0.3, 0.4) is 0 Å². The molecule has 2 N–H and O–H groups in total. The van der Waals surface area contributed by atoms with Crippen LogP contribution in [0.1, 0.15) is 30.7 Å². The molecule has 5 nitrogen and oxygen atoms in total. The molecule has 0 spiro atoms. The average Bonchev–Trinajstić information content (AvgIpc) is 3.13. The number of aliphatic carboxylic acids is 1. The van der Waals surface area contributed by atoms with Crippen LogP contribution in [0.2, 0.25) is 0 Å². The fourth-order valence-corrected chi connectivity index (χ4v) is 4.59. The van der Waals surface area contributed by atoms with Crippen LogP contribution in [-0.2, 0) is 17.6 Å². The molecule has 0 saturated carbocycles. The van der Waals surface area contributed by atoms with Gasteiger partial charge in [-0.1, -0.05) is 42.5 Å². The number of aryl methyl sites for hydroxylation is 1. The predicted octanol–water partition coefficient (Wildman–Crippen LogP) is 4.15. The maximum atomic E-state index is 11.4. The number of likely N-dealkylation sites (tertiary alicyclic amines) is 1. The molecule has 5 heteroatoms. The van der Waals surface area contributed by atoms with E-state index in [9.17, 15) is 9.90 Å². The summed E-state index contributed by atoms with van der Waals surface area (Å²) in [5, 5.41) is 9.36. The Labute approximate surface area is 171 Å². The number of benzene rings is 2. The zero-order chi connectivity index (χ0) is 20.1. The van der Waals surface area contributed by atoms with Gasteiger partial charge in [-0.25, -0.2) is 4.98 Å². The van der Waals surface area contributed by atoms with Gasteiger partial charge in [0.1, 0.15) is 5.82 Å². The first-order valence-corrected chi connectivity index (χ1v) is 10.6. The minimum absolute atomic E-state index is 0.214. The van der Waals surface area contributed by atoms with Gasteiger partial charge in [0.05, 0.1) is 11.0 Å². The molecule has 4 rings (SSSR count). The summed E-state index contributed by atoms with van der Waals surface area (Å²) in [6.45, 7) is 3.00. The summed E-state index contributed by atoms with van der Waals surface area (Å²) in [4.78, 5) is 22.0. The SMILES string of the molecule is O=C(O)CC1CCN(CCCc2ccccc2)CC1Cc1nc2ccccc2[nH]1. The highest BCUT2D eigenvalue weighted by Crippen LogP contribution is 2.29. The predicted molar refractivity (Wildman–Crippen MR) is 115 cm³/mol. The van der Waals surface area contributed by atoms with Crippen LogP contribution in [0.15, 0.2) is 54.6 Å². The Balaban J connectivity index is 1.39. The molecular weight excluding hydrogens is 362 g/mol. The number of piperidine rings is 1. The van der Waals surface area contributed by atoms with Gasteiger partial charge in [0.25, 0.3) is 0 Å². The smallest absolute Gasteiger partial charge is 0.303 e. The number of fused-ring (bicyclic) bond motifs is 1. The van der Waals surface area contributed by atoms with Crippen molar-refractivity contribution in [1.29, 1.82) is 0 Å². The number of nitrogens with one attached hydrogen (secondary N) is 1. The third kappa shape index (κ3) is 5.24. The molecule has 0 radical (unpaired) electrons. The lowest BCUT2D eigenvalue weighted by molar-refractivity contribution is -0.139. The van der Waals surface area contributed by atoms with Gasteiger partial charge in [0.15, 0.2) is 0 Å². The van der Waals surface area contributed by atoms with E-state index in [-0.39, 0.29) is 12.3 Å². The number of H-pyrrole nitrogens is 1. The summed E-state index contributed by atoms with van der Waals surface area (Å²) in [7, 11) is 0. The van der Waals surface area contributed by atoms with Crippen molar-refractivity contribution in [2.75, 3.05) is 19.6 Å². The van der Waals surface area contributed by atoms with E-state index in [2.05, 4.69) is 40.2 Å². The van der Waals surface area contributed by atoms with Gasteiger partial charge in [-0.2, -0.15) is 0 Å². The van der Waals surface area contributed by atoms with Crippen molar-refractivity contribution < 1.29 is 9.90 Å².